The summed E-state index contributed by atoms with van der Waals surface area (Å²) in [6, 6.07) is 0. The van der Waals surface area contributed by atoms with Gasteiger partial charge in [-0.05, 0) is 32.1 Å². The van der Waals surface area contributed by atoms with E-state index in [1.54, 1.807) is 6.92 Å². The molecule has 0 aromatic rings. The second-order valence-corrected chi connectivity index (χ2v) is 4.33. The molecule has 0 aliphatic heterocycles. The van der Waals surface area contributed by atoms with Crippen LogP contribution in [-0.4, -0.2) is 29.2 Å². The van der Waals surface area contributed by atoms with Crippen molar-refractivity contribution >= 4 is 5.91 Å². The van der Waals surface area contributed by atoms with E-state index in [4.69, 9.17) is 5.73 Å². The number of hydrogen-bond acceptors (Lipinski definition) is 3. The van der Waals surface area contributed by atoms with Crippen molar-refractivity contribution in [2.45, 2.75) is 44.8 Å². The highest BCUT2D eigenvalue weighted by molar-refractivity contribution is 5.86. The third-order valence-electron chi connectivity index (χ3n) is 2.88. The van der Waals surface area contributed by atoms with Crippen molar-refractivity contribution in [3.63, 3.8) is 0 Å². The molecule has 4 N–H and O–H groups in total. The van der Waals surface area contributed by atoms with Gasteiger partial charge >= 0.3 is 0 Å². The van der Waals surface area contributed by atoms with Crippen LogP contribution in [0.4, 0.5) is 0 Å². The Kier molecular flexibility index (Phi) is 3.50. The lowest BCUT2D eigenvalue weighted by atomic mass is 9.96. The zero-order valence-corrected chi connectivity index (χ0v) is 8.92. The van der Waals surface area contributed by atoms with Crippen molar-refractivity contribution < 1.29 is 9.90 Å². The lowest BCUT2D eigenvalue weighted by Gasteiger charge is -2.23. The van der Waals surface area contributed by atoms with Gasteiger partial charge in [0.25, 0.3) is 0 Å². The molecule has 1 aliphatic carbocycles. The molecule has 0 aromatic carbocycles. The molecule has 4 nitrogen and oxygen atoms in total. The molecule has 0 radical (unpaired) electrons. The van der Waals surface area contributed by atoms with Crippen LogP contribution < -0.4 is 11.1 Å². The number of carbonyl (C=O) groups excluding carboxylic acids is 1. The monoisotopic (exact) mass is 200 g/mol. The van der Waals surface area contributed by atoms with Gasteiger partial charge < -0.3 is 16.2 Å². The maximum atomic E-state index is 11.6. The topological polar surface area (TPSA) is 75.3 Å². The molecule has 2 atom stereocenters. The minimum absolute atomic E-state index is 0.146. The van der Waals surface area contributed by atoms with Gasteiger partial charge in [-0.2, -0.15) is 0 Å². The van der Waals surface area contributed by atoms with E-state index in [0.29, 0.717) is 18.9 Å². The van der Waals surface area contributed by atoms with E-state index >= 15 is 0 Å². The van der Waals surface area contributed by atoms with Crippen LogP contribution in [0.25, 0.3) is 0 Å². The summed E-state index contributed by atoms with van der Waals surface area (Å²) in [4.78, 5) is 11.6. The largest absolute Gasteiger partial charge is 0.391 e. The van der Waals surface area contributed by atoms with Gasteiger partial charge in [-0.1, -0.05) is 6.92 Å². The van der Waals surface area contributed by atoms with E-state index in [-0.39, 0.29) is 5.91 Å². The molecule has 0 aromatic heterocycles. The zero-order valence-electron chi connectivity index (χ0n) is 8.92. The first-order chi connectivity index (χ1) is 6.48. The number of amides is 1. The number of nitrogens with two attached hydrogens (primary N) is 1. The molecular weight excluding hydrogens is 180 g/mol. The van der Waals surface area contributed by atoms with Gasteiger partial charge in [-0.15, -0.1) is 0 Å². The molecule has 1 rings (SSSR count). The lowest BCUT2D eigenvalue weighted by molar-refractivity contribution is -0.127. The van der Waals surface area contributed by atoms with Gasteiger partial charge in [0.15, 0.2) is 0 Å². The van der Waals surface area contributed by atoms with Gasteiger partial charge in [-0.25, -0.2) is 0 Å². The third-order valence-corrected chi connectivity index (χ3v) is 2.88. The maximum Gasteiger partial charge on any atom is 0.240 e. The molecule has 0 saturated heterocycles. The van der Waals surface area contributed by atoms with Crippen LogP contribution in [0.15, 0.2) is 0 Å². The van der Waals surface area contributed by atoms with Crippen molar-refractivity contribution in [1.82, 2.24) is 5.32 Å². The van der Waals surface area contributed by atoms with E-state index in [2.05, 4.69) is 5.32 Å². The van der Waals surface area contributed by atoms with Crippen molar-refractivity contribution in [3.05, 3.63) is 0 Å². The second kappa shape index (κ2) is 4.28. The molecule has 1 amide bonds. The van der Waals surface area contributed by atoms with Crippen molar-refractivity contribution in [2.24, 2.45) is 11.7 Å². The van der Waals surface area contributed by atoms with Gasteiger partial charge in [0.1, 0.15) is 0 Å². The fraction of sp³-hybridized carbons (Fsp3) is 0.900. The van der Waals surface area contributed by atoms with Crippen molar-refractivity contribution in [2.75, 3.05) is 6.54 Å². The Morgan fingerprint density at radius 2 is 2.29 bits per heavy atom. The molecule has 0 spiro atoms. The molecule has 0 bridgehead atoms. The Hall–Kier alpha value is -0.610. The van der Waals surface area contributed by atoms with Crippen LogP contribution in [-0.2, 0) is 4.79 Å². The second-order valence-electron chi connectivity index (χ2n) is 4.33. The van der Waals surface area contributed by atoms with Crippen LogP contribution in [0.1, 0.15) is 33.1 Å². The Bertz CT molecular complexity index is 212. The van der Waals surface area contributed by atoms with Crippen molar-refractivity contribution in [3.8, 4) is 0 Å². The molecule has 2 unspecified atom stereocenters. The maximum absolute atomic E-state index is 11.6. The van der Waals surface area contributed by atoms with Gasteiger partial charge in [0, 0.05) is 6.54 Å². The van der Waals surface area contributed by atoms with Gasteiger partial charge in [0.05, 0.1) is 11.6 Å². The first-order valence-corrected chi connectivity index (χ1v) is 5.23. The summed E-state index contributed by atoms with van der Waals surface area (Å²) < 4.78 is 0. The number of aliphatic hydroxyl groups is 1. The number of rotatable bonds is 5. The smallest absolute Gasteiger partial charge is 0.240 e. The van der Waals surface area contributed by atoms with Gasteiger partial charge in [0.2, 0.25) is 5.91 Å². The predicted molar refractivity (Wildman–Crippen MR) is 54.6 cm³/mol. The summed E-state index contributed by atoms with van der Waals surface area (Å²) in [5.74, 6) is 0.175. The SMILES string of the molecule is CCC(O)CNC(=O)C(C)(N)C1CC1. The van der Waals surface area contributed by atoms with Gasteiger partial charge in [-0.3, -0.25) is 4.79 Å². The Morgan fingerprint density at radius 1 is 1.71 bits per heavy atom. The average molecular weight is 200 g/mol. The quantitative estimate of drug-likeness (QED) is 0.585. The van der Waals surface area contributed by atoms with E-state index < -0.39 is 11.6 Å². The average Bonchev–Trinajstić information content (AvgIpc) is 2.96. The van der Waals surface area contributed by atoms with Crippen LogP contribution in [0.2, 0.25) is 0 Å². The molecule has 14 heavy (non-hydrogen) atoms. The molecule has 1 saturated carbocycles. The fourth-order valence-electron chi connectivity index (χ4n) is 1.41. The first kappa shape index (κ1) is 11.5. The molecule has 4 heteroatoms. The highest BCUT2D eigenvalue weighted by Crippen LogP contribution is 2.38. The van der Waals surface area contributed by atoms with E-state index in [9.17, 15) is 9.90 Å². The minimum atomic E-state index is -0.756. The minimum Gasteiger partial charge on any atom is -0.391 e. The number of aliphatic hydroxyl groups excluding tert-OH is 1. The van der Waals surface area contributed by atoms with E-state index in [1.807, 2.05) is 6.92 Å². The summed E-state index contributed by atoms with van der Waals surface area (Å²) in [5.41, 5.74) is 5.14. The Labute approximate surface area is 84.9 Å². The zero-order chi connectivity index (χ0) is 10.8. The molecule has 0 heterocycles. The standard InChI is InChI=1S/C10H20N2O2/c1-3-8(13)6-12-9(14)10(2,11)7-4-5-7/h7-8,13H,3-6,11H2,1-2H3,(H,12,14). The molecular formula is C10H20N2O2. The number of nitrogens with one attached hydrogen (secondary N) is 1. The van der Waals surface area contributed by atoms with Crippen LogP contribution in [0, 0.1) is 5.92 Å². The Balaban J connectivity index is 2.33. The summed E-state index contributed by atoms with van der Waals surface area (Å²) in [5, 5.41) is 12.0. The highest BCUT2D eigenvalue weighted by Gasteiger charge is 2.43. The van der Waals surface area contributed by atoms with E-state index in [1.165, 1.54) is 0 Å². The number of hydrogen-bond donors (Lipinski definition) is 3. The fourth-order valence-corrected chi connectivity index (χ4v) is 1.41. The first-order valence-electron chi connectivity index (χ1n) is 5.23. The Morgan fingerprint density at radius 3 is 2.71 bits per heavy atom. The van der Waals surface area contributed by atoms with Crippen LogP contribution in [0.5, 0.6) is 0 Å². The molecule has 1 fully saturated rings. The summed E-state index contributed by atoms with van der Waals surface area (Å²) in [6.07, 6.45) is 2.26. The van der Waals surface area contributed by atoms with Crippen molar-refractivity contribution in [1.29, 1.82) is 0 Å². The number of carbonyl (C=O) groups is 1. The third kappa shape index (κ3) is 2.69. The predicted octanol–water partition coefficient (Wildman–Crippen LogP) is 0.000900. The molecule has 82 valence electrons. The molecule has 1 aliphatic rings. The highest BCUT2D eigenvalue weighted by atomic mass is 16.3. The van der Waals surface area contributed by atoms with E-state index in [0.717, 1.165) is 12.8 Å². The lowest BCUT2D eigenvalue weighted by Crippen LogP contribution is -2.54. The normalized spacial score (nSPS) is 22.6. The summed E-state index contributed by atoms with van der Waals surface area (Å²) in [7, 11) is 0. The van der Waals surface area contributed by atoms with Crippen LogP contribution >= 0.6 is 0 Å². The summed E-state index contributed by atoms with van der Waals surface area (Å²) in [6.45, 7) is 3.94. The van der Waals surface area contributed by atoms with Crippen LogP contribution in [0.3, 0.4) is 0 Å². The summed E-state index contributed by atoms with van der Waals surface area (Å²) >= 11 is 0.